The number of furan rings is 1. The third-order valence-corrected chi connectivity index (χ3v) is 6.56. The molecule has 0 radical (unpaired) electrons. The molecule has 158 valence electrons. The van der Waals surface area contributed by atoms with Crippen molar-refractivity contribution in [1.82, 2.24) is 14.8 Å². The zero-order valence-electron chi connectivity index (χ0n) is 16.5. The maximum atomic E-state index is 13.2. The van der Waals surface area contributed by atoms with Gasteiger partial charge in [0, 0.05) is 6.04 Å². The van der Waals surface area contributed by atoms with E-state index in [1.807, 2.05) is 12.1 Å². The molecular formula is C21H22ClFN4O2S. The van der Waals surface area contributed by atoms with Gasteiger partial charge in [0.2, 0.25) is 11.7 Å². The highest BCUT2D eigenvalue weighted by atomic mass is 35.5. The van der Waals surface area contributed by atoms with Gasteiger partial charge in [-0.25, -0.2) is 4.39 Å². The monoisotopic (exact) mass is 448 g/mol. The highest BCUT2D eigenvalue weighted by Gasteiger charge is 2.27. The number of hydrogen-bond acceptors (Lipinski definition) is 5. The third kappa shape index (κ3) is 4.54. The van der Waals surface area contributed by atoms with Gasteiger partial charge in [-0.05, 0) is 50.1 Å². The van der Waals surface area contributed by atoms with Crippen molar-refractivity contribution in [3.63, 3.8) is 0 Å². The van der Waals surface area contributed by atoms with Gasteiger partial charge in [-0.3, -0.25) is 9.36 Å². The highest BCUT2D eigenvalue weighted by molar-refractivity contribution is 8.00. The topological polar surface area (TPSA) is 73.0 Å². The van der Waals surface area contributed by atoms with Gasteiger partial charge in [-0.15, -0.1) is 10.2 Å². The van der Waals surface area contributed by atoms with Crippen molar-refractivity contribution in [2.24, 2.45) is 0 Å². The molecule has 6 nitrogen and oxygen atoms in total. The summed E-state index contributed by atoms with van der Waals surface area (Å²) in [6.45, 7) is 1.80. The van der Waals surface area contributed by atoms with E-state index in [2.05, 4.69) is 20.1 Å². The minimum atomic E-state index is -0.456. The second-order valence-electron chi connectivity index (χ2n) is 7.32. The number of nitrogens with zero attached hydrogens (tertiary/aromatic N) is 3. The lowest BCUT2D eigenvalue weighted by Crippen LogP contribution is -2.23. The van der Waals surface area contributed by atoms with Crippen LogP contribution in [0.2, 0.25) is 5.02 Å². The fourth-order valence-electron chi connectivity index (χ4n) is 3.64. The lowest BCUT2D eigenvalue weighted by molar-refractivity contribution is -0.115. The van der Waals surface area contributed by atoms with Crippen LogP contribution >= 0.6 is 23.4 Å². The van der Waals surface area contributed by atoms with Crippen LogP contribution in [0.1, 0.15) is 45.1 Å². The van der Waals surface area contributed by atoms with E-state index < -0.39 is 11.1 Å². The van der Waals surface area contributed by atoms with E-state index in [-0.39, 0.29) is 17.0 Å². The lowest BCUT2D eigenvalue weighted by Gasteiger charge is -2.25. The summed E-state index contributed by atoms with van der Waals surface area (Å²) >= 11 is 7.36. The SMILES string of the molecule is CC(Sc1nnc(-c2ccco2)n1C1CCCCC1)C(=O)Nc1ccc(F)cc1Cl. The van der Waals surface area contributed by atoms with Crippen LogP contribution in [0.3, 0.4) is 0 Å². The first-order valence-corrected chi connectivity index (χ1v) is 11.2. The molecule has 0 saturated heterocycles. The maximum absolute atomic E-state index is 13.2. The molecule has 2 heterocycles. The Morgan fingerprint density at radius 3 is 2.80 bits per heavy atom. The zero-order valence-corrected chi connectivity index (χ0v) is 18.0. The van der Waals surface area contributed by atoms with Crippen molar-refractivity contribution < 1.29 is 13.6 Å². The maximum Gasteiger partial charge on any atom is 0.237 e. The van der Waals surface area contributed by atoms with Crippen molar-refractivity contribution in [2.45, 2.75) is 55.5 Å². The van der Waals surface area contributed by atoms with E-state index in [1.165, 1.54) is 36.4 Å². The van der Waals surface area contributed by atoms with E-state index in [0.717, 1.165) is 25.7 Å². The molecular weight excluding hydrogens is 427 g/mol. The second-order valence-corrected chi connectivity index (χ2v) is 9.03. The van der Waals surface area contributed by atoms with Crippen molar-refractivity contribution in [3.8, 4) is 11.6 Å². The Balaban J connectivity index is 1.55. The Morgan fingerprint density at radius 2 is 2.10 bits per heavy atom. The molecule has 2 aromatic heterocycles. The minimum Gasteiger partial charge on any atom is -0.461 e. The van der Waals surface area contributed by atoms with E-state index in [0.29, 0.717) is 22.4 Å². The molecule has 1 aliphatic carbocycles. The normalized spacial score (nSPS) is 15.8. The Labute approximate surface area is 183 Å². The number of hydrogen-bond donors (Lipinski definition) is 1. The molecule has 0 aliphatic heterocycles. The Bertz CT molecular complexity index is 1020. The number of amides is 1. The van der Waals surface area contributed by atoms with Crippen LogP contribution in [0.15, 0.2) is 46.2 Å². The number of halogens is 2. The number of carbonyl (C=O) groups excluding carboxylic acids is 1. The summed E-state index contributed by atoms with van der Waals surface area (Å²) in [7, 11) is 0. The summed E-state index contributed by atoms with van der Waals surface area (Å²) < 4.78 is 20.9. The number of rotatable bonds is 6. The van der Waals surface area contributed by atoms with Crippen LogP contribution in [0, 0.1) is 5.82 Å². The van der Waals surface area contributed by atoms with Gasteiger partial charge >= 0.3 is 0 Å². The predicted molar refractivity (Wildman–Crippen MR) is 115 cm³/mol. The molecule has 1 unspecified atom stereocenters. The number of carbonyl (C=O) groups is 1. The van der Waals surface area contributed by atoms with Gasteiger partial charge < -0.3 is 9.73 Å². The largest absolute Gasteiger partial charge is 0.461 e. The van der Waals surface area contributed by atoms with Crippen LogP contribution in [-0.2, 0) is 4.79 Å². The van der Waals surface area contributed by atoms with Gasteiger partial charge in [0.25, 0.3) is 0 Å². The standard InChI is InChI=1S/C21H22ClFN4O2S/c1-13(20(28)24-17-10-9-14(23)12-16(17)22)30-21-26-25-19(18-8-5-11-29-18)27(21)15-6-3-2-4-7-15/h5,8-13,15H,2-4,6-7H2,1H3,(H,24,28). The highest BCUT2D eigenvalue weighted by Crippen LogP contribution is 2.37. The Hall–Kier alpha value is -2.32. The van der Waals surface area contributed by atoms with Gasteiger partial charge in [0.15, 0.2) is 10.9 Å². The smallest absolute Gasteiger partial charge is 0.237 e. The molecule has 1 saturated carbocycles. The van der Waals surface area contributed by atoms with Crippen LogP contribution in [0.5, 0.6) is 0 Å². The fraction of sp³-hybridized carbons (Fsp3) is 0.381. The fourth-order valence-corrected chi connectivity index (χ4v) is 4.77. The molecule has 0 spiro atoms. The molecule has 4 rings (SSSR count). The average molecular weight is 449 g/mol. The number of nitrogens with one attached hydrogen (secondary N) is 1. The first-order valence-electron chi connectivity index (χ1n) is 9.94. The first-order chi connectivity index (χ1) is 14.5. The first kappa shape index (κ1) is 20.9. The molecule has 9 heteroatoms. The molecule has 1 aliphatic rings. The Kier molecular flexibility index (Phi) is 6.43. The third-order valence-electron chi connectivity index (χ3n) is 5.19. The Morgan fingerprint density at radius 1 is 1.30 bits per heavy atom. The summed E-state index contributed by atoms with van der Waals surface area (Å²) in [6.07, 6.45) is 7.25. The molecule has 30 heavy (non-hydrogen) atoms. The van der Waals surface area contributed by atoms with Gasteiger partial charge in [-0.1, -0.05) is 42.6 Å². The van der Waals surface area contributed by atoms with Crippen molar-refractivity contribution in [2.75, 3.05) is 5.32 Å². The van der Waals surface area contributed by atoms with Crippen molar-refractivity contribution in [1.29, 1.82) is 0 Å². The van der Waals surface area contributed by atoms with Crippen LogP contribution in [0.4, 0.5) is 10.1 Å². The van der Waals surface area contributed by atoms with Crippen LogP contribution in [-0.4, -0.2) is 25.9 Å². The predicted octanol–water partition coefficient (Wildman–Crippen LogP) is 5.96. The van der Waals surface area contributed by atoms with Crippen molar-refractivity contribution in [3.05, 3.63) is 47.4 Å². The van der Waals surface area contributed by atoms with E-state index in [4.69, 9.17) is 16.0 Å². The molecule has 1 aromatic carbocycles. The molecule has 1 atom stereocenters. The summed E-state index contributed by atoms with van der Waals surface area (Å²) in [5.41, 5.74) is 0.375. The van der Waals surface area contributed by atoms with Crippen LogP contribution in [0.25, 0.3) is 11.6 Å². The van der Waals surface area contributed by atoms with Gasteiger partial charge in [0.1, 0.15) is 5.82 Å². The number of benzene rings is 1. The van der Waals surface area contributed by atoms with E-state index in [1.54, 1.807) is 13.2 Å². The lowest BCUT2D eigenvalue weighted by atomic mass is 9.95. The van der Waals surface area contributed by atoms with Gasteiger partial charge in [-0.2, -0.15) is 0 Å². The zero-order chi connectivity index (χ0) is 21.1. The molecule has 1 amide bonds. The molecule has 3 aromatic rings. The number of anilines is 1. The molecule has 1 N–H and O–H groups in total. The van der Waals surface area contributed by atoms with E-state index >= 15 is 0 Å². The summed E-state index contributed by atoms with van der Waals surface area (Å²) in [4.78, 5) is 12.7. The summed E-state index contributed by atoms with van der Waals surface area (Å²) in [6, 6.07) is 7.85. The summed E-state index contributed by atoms with van der Waals surface area (Å²) in [5.74, 6) is 0.649. The van der Waals surface area contributed by atoms with Crippen LogP contribution < -0.4 is 5.32 Å². The molecule has 1 fully saturated rings. The number of thioether (sulfide) groups is 1. The summed E-state index contributed by atoms with van der Waals surface area (Å²) in [5, 5.41) is 11.9. The van der Waals surface area contributed by atoms with Crippen molar-refractivity contribution >= 4 is 35.0 Å². The average Bonchev–Trinajstić information content (AvgIpc) is 3.40. The van der Waals surface area contributed by atoms with E-state index in [9.17, 15) is 9.18 Å². The molecule has 0 bridgehead atoms. The minimum absolute atomic E-state index is 0.158. The van der Waals surface area contributed by atoms with Gasteiger partial charge in [0.05, 0.1) is 22.2 Å². The quantitative estimate of drug-likeness (QED) is 0.471. The second kappa shape index (κ2) is 9.22. The number of aromatic nitrogens is 3.